The van der Waals surface area contributed by atoms with Crippen LogP contribution in [0.5, 0.6) is 11.5 Å². The van der Waals surface area contributed by atoms with Gasteiger partial charge in [0.1, 0.15) is 22.2 Å². The van der Waals surface area contributed by atoms with E-state index < -0.39 is 16.1 Å². The first-order valence-corrected chi connectivity index (χ1v) is 15.5. The number of aryl methyl sites for hydroxylation is 3. The second kappa shape index (κ2) is 14.9. The molecule has 0 bridgehead atoms. The summed E-state index contributed by atoms with van der Waals surface area (Å²) in [5.74, 6) is 0.659. The highest BCUT2D eigenvalue weighted by atomic mass is 32.2. The monoisotopic (exact) mass is 602 g/mol. The van der Waals surface area contributed by atoms with Crippen molar-refractivity contribution >= 4 is 33.4 Å². The van der Waals surface area contributed by atoms with E-state index in [0.29, 0.717) is 35.7 Å². The van der Waals surface area contributed by atoms with Crippen LogP contribution in [0, 0.1) is 6.92 Å². The molecule has 12 heteroatoms. The second-order valence-corrected chi connectivity index (χ2v) is 12.8. The number of carbonyl (C=O) groups excluding carboxylic acids is 2. The van der Waals surface area contributed by atoms with Crippen molar-refractivity contribution in [2.75, 3.05) is 34.9 Å². The van der Waals surface area contributed by atoms with Crippen molar-refractivity contribution in [2.24, 2.45) is 0 Å². The quantitative estimate of drug-likeness (QED) is 0.280. The lowest BCUT2D eigenvalue weighted by Crippen LogP contribution is -2.39. The lowest BCUT2D eigenvalue weighted by Gasteiger charge is -2.22. The number of methoxy groups -OCH3 is 2. The molecule has 0 spiro atoms. The van der Waals surface area contributed by atoms with Crippen LogP contribution in [0.2, 0.25) is 0 Å². The maximum absolute atomic E-state index is 13.4. The molecule has 0 radical (unpaired) electrons. The van der Waals surface area contributed by atoms with Gasteiger partial charge in [0.15, 0.2) is 0 Å². The molecule has 3 aromatic rings. The van der Waals surface area contributed by atoms with E-state index in [9.17, 15) is 18.0 Å². The minimum atomic E-state index is -3.95. The molecule has 41 heavy (non-hydrogen) atoms. The molecule has 0 saturated heterocycles. The van der Waals surface area contributed by atoms with Crippen LogP contribution in [0.3, 0.4) is 0 Å². The Kier molecular flexibility index (Phi) is 11.7. The Morgan fingerprint density at radius 3 is 2.39 bits per heavy atom. The summed E-state index contributed by atoms with van der Waals surface area (Å²) in [6.45, 7) is 2.46. The van der Waals surface area contributed by atoms with Gasteiger partial charge in [-0.25, -0.2) is 9.71 Å². The molecule has 10 nitrogen and oxygen atoms in total. The van der Waals surface area contributed by atoms with Crippen LogP contribution in [-0.4, -0.2) is 69.3 Å². The van der Waals surface area contributed by atoms with Crippen molar-refractivity contribution in [2.45, 2.75) is 45.6 Å². The van der Waals surface area contributed by atoms with Crippen molar-refractivity contribution < 1.29 is 27.5 Å². The van der Waals surface area contributed by atoms with Crippen molar-refractivity contribution in [1.82, 2.24) is 18.9 Å². The minimum absolute atomic E-state index is 0.0195. The standard InChI is InChI=1S/C29H38N4O6S2/c1-21-28(29(35)31-41(36,37)32(2)3)30-26(40-21)20-33(18-10-13-22-11-7-6-8-12-22)27(34)15-9-14-23-19-24(38-4)16-17-25(23)39-5/h6-8,11-12,16-17,19H,9-10,13-15,18,20H2,1-5H3,(H,31,35). The SMILES string of the molecule is COc1ccc(OC)c(CCCC(=O)N(CCCc2ccccc2)Cc2nc(C(=O)NS(=O)(=O)N(C)C)c(C)s2)c1. The van der Waals surface area contributed by atoms with Crippen LogP contribution in [-0.2, 0) is 34.4 Å². The first kappa shape index (κ1) is 32.0. The number of nitrogens with one attached hydrogen (secondary N) is 1. The van der Waals surface area contributed by atoms with E-state index in [2.05, 4.69) is 17.1 Å². The van der Waals surface area contributed by atoms with Crippen molar-refractivity contribution in [3.05, 3.63) is 75.2 Å². The number of hydrogen-bond acceptors (Lipinski definition) is 8. The van der Waals surface area contributed by atoms with Crippen LogP contribution in [0.1, 0.15) is 50.8 Å². The molecular formula is C29H38N4O6S2. The van der Waals surface area contributed by atoms with Crippen molar-refractivity contribution in [1.29, 1.82) is 0 Å². The molecule has 0 aliphatic carbocycles. The van der Waals surface area contributed by atoms with Crippen LogP contribution in [0.25, 0.3) is 0 Å². The predicted molar refractivity (Wildman–Crippen MR) is 160 cm³/mol. The predicted octanol–water partition coefficient (Wildman–Crippen LogP) is 3.99. The second-order valence-electron chi connectivity index (χ2n) is 9.67. The number of amides is 2. The van der Waals surface area contributed by atoms with Crippen LogP contribution in [0.15, 0.2) is 48.5 Å². The van der Waals surface area contributed by atoms with Gasteiger partial charge in [-0.3, -0.25) is 9.59 Å². The number of rotatable bonds is 15. The van der Waals surface area contributed by atoms with Crippen LogP contribution < -0.4 is 14.2 Å². The number of nitrogens with zero attached hydrogens (tertiary/aromatic N) is 3. The molecule has 3 rings (SSSR count). The Bertz CT molecular complexity index is 1420. The number of thiazole rings is 1. The molecule has 1 aromatic heterocycles. The van der Waals surface area contributed by atoms with Gasteiger partial charge in [0, 0.05) is 31.9 Å². The highest BCUT2D eigenvalue weighted by Crippen LogP contribution is 2.26. The Morgan fingerprint density at radius 1 is 1.00 bits per heavy atom. The molecule has 2 amide bonds. The van der Waals surface area contributed by atoms with E-state index in [1.54, 1.807) is 26.0 Å². The maximum atomic E-state index is 13.4. The number of aromatic nitrogens is 1. The molecule has 0 aliphatic heterocycles. The van der Waals surface area contributed by atoms with E-state index in [1.165, 1.54) is 31.0 Å². The molecule has 2 aromatic carbocycles. The van der Waals surface area contributed by atoms with Gasteiger partial charge < -0.3 is 14.4 Å². The van der Waals surface area contributed by atoms with E-state index in [4.69, 9.17) is 9.47 Å². The first-order valence-electron chi connectivity index (χ1n) is 13.3. The summed E-state index contributed by atoms with van der Waals surface area (Å²) in [6, 6.07) is 15.7. The zero-order valence-corrected chi connectivity index (χ0v) is 25.8. The van der Waals surface area contributed by atoms with Gasteiger partial charge in [-0.15, -0.1) is 11.3 Å². The first-order chi connectivity index (χ1) is 19.5. The number of ether oxygens (including phenoxy) is 2. The summed E-state index contributed by atoms with van der Waals surface area (Å²) in [5, 5.41) is 0.567. The van der Waals surface area contributed by atoms with Crippen molar-refractivity contribution in [3.63, 3.8) is 0 Å². The highest BCUT2D eigenvalue weighted by molar-refractivity contribution is 7.87. The summed E-state index contributed by atoms with van der Waals surface area (Å²) in [5.41, 5.74) is 2.20. The minimum Gasteiger partial charge on any atom is -0.497 e. The summed E-state index contributed by atoms with van der Waals surface area (Å²) in [7, 11) is 1.94. The summed E-state index contributed by atoms with van der Waals surface area (Å²) in [6.07, 6.45) is 3.16. The average Bonchev–Trinajstić information content (AvgIpc) is 3.32. The van der Waals surface area contributed by atoms with Gasteiger partial charge in [0.25, 0.3) is 5.91 Å². The number of hydrogen-bond donors (Lipinski definition) is 1. The van der Waals surface area contributed by atoms with E-state index in [0.717, 1.165) is 34.2 Å². The zero-order chi connectivity index (χ0) is 30.0. The van der Waals surface area contributed by atoms with Gasteiger partial charge in [0.05, 0.1) is 20.8 Å². The van der Waals surface area contributed by atoms with Gasteiger partial charge in [-0.2, -0.15) is 12.7 Å². The molecule has 0 unspecified atom stereocenters. The smallest absolute Gasteiger partial charge is 0.303 e. The Morgan fingerprint density at radius 2 is 1.73 bits per heavy atom. The van der Waals surface area contributed by atoms with E-state index in [1.807, 2.05) is 41.1 Å². The maximum Gasteiger partial charge on any atom is 0.303 e. The molecular weight excluding hydrogens is 564 g/mol. The molecule has 0 saturated carbocycles. The fourth-order valence-corrected chi connectivity index (χ4v) is 5.69. The molecule has 0 aliphatic rings. The van der Waals surface area contributed by atoms with Crippen molar-refractivity contribution in [3.8, 4) is 11.5 Å². The Balaban J connectivity index is 1.71. The zero-order valence-electron chi connectivity index (χ0n) is 24.2. The van der Waals surface area contributed by atoms with Gasteiger partial charge in [-0.05, 0) is 61.9 Å². The third-order valence-electron chi connectivity index (χ3n) is 6.50. The molecule has 222 valence electrons. The topological polar surface area (TPSA) is 118 Å². The molecule has 1 N–H and O–H groups in total. The van der Waals surface area contributed by atoms with Gasteiger partial charge in [-0.1, -0.05) is 30.3 Å². The summed E-state index contributed by atoms with van der Waals surface area (Å²) < 4.78 is 38.0. The number of benzene rings is 2. The van der Waals surface area contributed by atoms with E-state index in [-0.39, 0.29) is 18.1 Å². The fourth-order valence-electron chi connectivity index (χ4n) is 4.23. The molecule has 0 fully saturated rings. The van der Waals surface area contributed by atoms with Crippen LogP contribution in [0.4, 0.5) is 0 Å². The van der Waals surface area contributed by atoms with Gasteiger partial charge in [0.2, 0.25) is 5.91 Å². The highest BCUT2D eigenvalue weighted by Gasteiger charge is 2.24. The lowest BCUT2D eigenvalue weighted by atomic mass is 10.1. The fraction of sp³-hybridized carbons (Fsp3) is 0.414. The third kappa shape index (κ3) is 9.27. The average molecular weight is 603 g/mol. The summed E-state index contributed by atoms with van der Waals surface area (Å²) in [4.78, 5) is 32.8. The Hall–Kier alpha value is -3.48. The van der Waals surface area contributed by atoms with Gasteiger partial charge >= 0.3 is 10.2 Å². The number of carbonyl (C=O) groups is 2. The molecule has 1 heterocycles. The third-order valence-corrected chi connectivity index (χ3v) is 8.86. The Labute approximate surface area is 246 Å². The molecule has 0 atom stereocenters. The largest absolute Gasteiger partial charge is 0.497 e. The summed E-state index contributed by atoms with van der Waals surface area (Å²) >= 11 is 1.28. The van der Waals surface area contributed by atoms with E-state index >= 15 is 0 Å². The normalized spacial score (nSPS) is 11.4. The lowest BCUT2D eigenvalue weighted by molar-refractivity contribution is -0.132. The van der Waals surface area contributed by atoms with Crippen LogP contribution >= 0.6 is 11.3 Å².